The van der Waals surface area contributed by atoms with Crippen LogP contribution >= 0.6 is 11.6 Å². The van der Waals surface area contributed by atoms with Crippen LogP contribution in [0.15, 0.2) is 53.4 Å². The molecular weight excluding hydrogens is 341 g/mol. The van der Waals surface area contributed by atoms with E-state index in [1.54, 1.807) is 24.3 Å². The van der Waals surface area contributed by atoms with Gasteiger partial charge in [-0.05, 0) is 42.0 Å². The number of morpholine rings is 1. The SMILES string of the molecule is O=S(=O)(c1ccc(Cl)cc1)N1CCOC(c2ccc(F)cc2)C1. The van der Waals surface area contributed by atoms with Gasteiger partial charge < -0.3 is 4.74 Å². The van der Waals surface area contributed by atoms with E-state index in [1.807, 2.05) is 0 Å². The second-order valence-corrected chi connectivity index (χ2v) is 7.60. The molecule has 3 rings (SSSR count). The van der Waals surface area contributed by atoms with Gasteiger partial charge >= 0.3 is 0 Å². The van der Waals surface area contributed by atoms with Gasteiger partial charge in [0, 0.05) is 18.1 Å². The van der Waals surface area contributed by atoms with E-state index >= 15 is 0 Å². The zero-order valence-corrected chi connectivity index (χ0v) is 13.7. The van der Waals surface area contributed by atoms with Gasteiger partial charge in [-0.25, -0.2) is 12.8 Å². The number of hydrogen-bond donors (Lipinski definition) is 0. The number of sulfonamides is 1. The van der Waals surface area contributed by atoms with Crippen molar-refractivity contribution in [2.24, 2.45) is 0 Å². The van der Waals surface area contributed by atoms with Gasteiger partial charge in [0.15, 0.2) is 0 Å². The van der Waals surface area contributed by atoms with Crippen molar-refractivity contribution < 1.29 is 17.5 Å². The molecule has 23 heavy (non-hydrogen) atoms. The molecule has 2 aromatic rings. The van der Waals surface area contributed by atoms with E-state index in [0.29, 0.717) is 5.02 Å². The molecule has 0 bridgehead atoms. The van der Waals surface area contributed by atoms with Crippen LogP contribution in [0.2, 0.25) is 5.02 Å². The fraction of sp³-hybridized carbons (Fsp3) is 0.250. The summed E-state index contributed by atoms with van der Waals surface area (Å²) in [5, 5.41) is 0.482. The van der Waals surface area contributed by atoms with Gasteiger partial charge in [-0.2, -0.15) is 4.31 Å². The summed E-state index contributed by atoms with van der Waals surface area (Å²) in [4.78, 5) is 0.196. The molecule has 122 valence electrons. The highest BCUT2D eigenvalue weighted by Crippen LogP contribution is 2.27. The lowest BCUT2D eigenvalue weighted by Gasteiger charge is -2.32. The number of hydrogen-bond acceptors (Lipinski definition) is 3. The third-order valence-corrected chi connectivity index (χ3v) is 5.85. The molecule has 1 heterocycles. The van der Waals surface area contributed by atoms with Gasteiger partial charge in [0.05, 0.1) is 17.6 Å². The molecule has 0 radical (unpaired) electrons. The Balaban J connectivity index is 1.82. The first-order chi connectivity index (χ1) is 11.0. The molecule has 7 heteroatoms. The second-order valence-electron chi connectivity index (χ2n) is 5.23. The molecule has 0 saturated carbocycles. The van der Waals surface area contributed by atoms with Gasteiger partial charge in [0.1, 0.15) is 5.82 Å². The van der Waals surface area contributed by atoms with Crippen LogP contribution in [-0.2, 0) is 14.8 Å². The standard InChI is InChI=1S/C16H15ClFNO3S/c17-13-3-7-15(8-4-13)23(20,21)19-9-10-22-16(11-19)12-1-5-14(18)6-2-12/h1-8,16H,9-11H2. The lowest BCUT2D eigenvalue weighted by molar-refractivity contribution is -0.00258. The van der Waals surface area contributed by atoms with Crippen LogP contribution in [0.25, 0.3) is 0 Å². The van der Waals surface area contributed by atoms with Crippen LogP contribution in [0.4, 0.5) is 4.39 Å². The molecule has 1 fully saturated rings. The Hall–Kier alpha value is -1.47. The summed E-state index contributed by atoms with van der Waals surface area (Å²) in [6.45, 7) is 0.758. The molecule has 0 N–H and O–H groups in total. The minimum Gasteiger partial charge on any atom is -0.371 e. The number of rotatable bonds is 3. The molecule has 2 aromatic carbocycles. The fourth-order valence-corrected chi connectivity index (χ4v) is 4.03. The van der Waals surface area contributed by atoms with Crippen LogP contribution in [0.3, 0.4) is 0 Å². The van der Waals surface area contributed by atoms with Crippen molar-refractivity contribution >= 4 is 21.6 Å². The maximum atomic E-state index is 13.0. The van der Waals surface area contributed by atoms with E-state index in [4.69, 9.17) is 16.3 Å². The Bertz CT molecular complexity index is 778. The van der Waals surface area contributed by atoms with Crippen LogP contribution in [-0.4, -0.2) is 32.4 Å². The summed E-state index contributed by atoms with van der Waals surface area (Å²) in [6, 6.07) is 12.0. The van der Waals surface area contributed by atoms with E-state index in [2.05, 4.69) is 0 Å². The third-order valence-electron chi connectivity index (χ3n) is 3.72. The fourth-order valence-electron chi connectivity index (χ4n) is 2.48. The summed E-state index contributed by atoms with van der Waals surface area (Å²) < 4.78 is 45.4. The van der Waals surface area contributed by atoms with Crippen LogP contribution in [0, 0.1) is 5.82 Å². The quantitative estimate of drug-likeness (QED) is 0.849. The van der Waals surface area contributed by atoms with Gasteiger partial charge in [-0.3, -0.25) is 0 Å². The van der Waals surface area contributed by atoms with Crippen molar-refractivity contribution in [1.82, 2.24) is 4.31 Å². The normalized spacial score (nSPS) is 19.7. The van der Waals surface area contributed by atoms with Crippen molar-refractivity contribution in [3.05, 3.63) is 64.9 Å². The lowest BCUT2D eigenvalue weighted by atomic mass is 10.1. The molecule has 1 atom stereocenters. The second kappa shape index (κ2) is 6.57. The largest absolute Gasteiger partial charge is 0.371 e. The summed E-state index contributed by atoms with van der Waals surface area (Å²) in [5.41, 5.74) is 0.752. The first kappa shape index (κ1) is 16.4. The van der Waals surface area contributed by atoms with E-state index < -0.39 is 16.1 Å². The highest BCUT2D eigenvalue weighted by Gasteiger charge is 2.31. The van der Waals surface area contributed by atoms with Gasteiger partial charge in [0.25, 0.3) is 0 Å². The van der Waals surface area contributed by atoms with Gasteiger partial charge in [-0.1, -0.05) is 23.7 Å². The van der Waals surface area contributed by atoms with Crippen LogP contribution in [0.1, 0.15) is 11.7 Å². The highest BCUT2D eigenvalue weighted by molar-refractivity contribution is 7.89. The van der Waals surface area contributed by atoms with E-state index in [-0.39, 0.29) is 30.4 Å². The van der Waals surface area contributed by atoms with Crippen molar-refractivity contribution in [1.29, 1.82) is 0 Å². The Kier molecular flexibility index (Phi) is 4.68. The molecule has 1 unspecified atom stereocenters. The van der Waals surface area contributed by atoms with Crippen LogP contribution < -0.4 is 0 Å². The smallest absolute Gasteiger partial charge is 0.243 e. The Labute approximate surface area is 139 Å². The Morgan fingerprint density at radius 3 is 2.39 bits per heavy atom. The molecular formula is C16H15ClFNO3S. The minimum absolute atomic E-state index is 0.191. The number of nitrogens with zero attached hydrogens (tertiary/aromatic N) is 1. The molecule has 0 spiro atoms. The number of ether oxygens (including phenoxy) is 1. The topological polar surface area (TPSA) is 46.6 Å². The zero-order chi connectivity index (χ0) is 16.4. The van der Waals surface area contributed by atoms with Crippen molar-refractivity contribution in [2.75, 3.05) is 19.7 Å². The third kappa shape index (κ3) is 3.55. The average Bonchev–Trinajstić information content (AvgIpc) is 2.56. The summed E-state index contributed by atoms with van der Waals surface area (Å²) in [5.74, 6) is -0.338. The Morgan fingerprint density at radius 1 is 1.09 bits per heavy atom. The van der Waals surface area contributed by atoms with Gasteiger partial charge in [-0.15, -0.1) is 0 Å². The molecule has 0 aromatic heterocycles. The molecule has 1 aliphatic heterocycles. The molecule has 1 aliphatic rings. The number of benzene rings is 2. The van der Waals surface area contributed by atoms with Gasteiger partial charge in [0.2, 0.25) is 10.0 Å². The summed E-state index contributed by atoms with van der Waals surface area (Å²) >= 11 is 5.80. The molecule has 1 saturated heterocycles. The van der Waals surface area contributed by atoms with Crippen molar-refractivity contribution in [3.63, 3.8) is 0 Å². The first-order valence-corrected chi connectivity index (χ1v) is 8.91. The van der Waals surface area contributed by atoms with Crippen LogP contribution in [0.5, 0.6) is 0 Å². The average molecular weight is 356 g/mol. The van der Waals surface area contributed by atoms with Crippen molar-refractivity contribution in [3.8, 4) is 0 Å². The number of halogens is 2. The molecule has 0 amide bonds. The predicted molar refractivity (Wildman–Crippen MR) is 85.3 cm³/mol. The van der Waals surface area contributed by atoms with E-state index in [1.165, 1.54) is 28.6 Å². The molecule has 4 nitrogen and oxygen atoms in total. The summed E-state index contributed by atoms with van der Waals surface area (Å²) in [6.07, 6.45) is -0.411. The zero-order valence-electron chi connectivity index (χ0n) is 12.2. The summed E-state index contributed by atoms with van der Waals surface area (Å²) in [7, 11) is -3.61. The van der Waals surface area contributed by atoms with E-state index in [0.717, 1.165) is 5.56 Å². The predicted octanol–water partition coefficient (Wildman–Crippen LogP) is 3.24. The first-order valence-electron chi connectivity index (χ1n) is 7.09. The maximum Gasteiger partial charge on any atom is 0.243 e. The highest BCUT2D eigenvalue weighted by atomic mass is 35.5. The lowest BCUT2D eigenvalue weighted by Crippen LogP contribution is -2.42. The van der Waals surface area contributed by atoms with Crippen molar-refractivity contribution in [2.45, 2.75) is 11.0 Å². The molecule has 0 aliphatic carbocycles. The maximum absolute atomic E-state index is 13.0. The Morgan fingerprint density at radius 2 is 1.74 bits per heavy atom. The van der Waals surface area contributed by atoms with E-state index in [9.17, 15) is 12.8 Å². The minimum atomic E-state index is -3.61. The monoisotopic (exact) mass is 355 g/mol.